The molecule has 16 heteroatoms. The number of fused-ring (bicyclic) bond motifs is 1. The van der Waals surface area contributed by atoms with Gasteiger partial charge in [-0.05, 0) is 29.3 Å². The Morgan fingerprint density at radius 2 is 1.28 bits per heavy atom. The summed E-state index contributed by atoms with van der Waals surface area (Å²) in [5.74, 6) is -5.36. The summed E-state index contributed by atoms with van der Waals surface area (Å²) in [5, 5.41) is 21.7. The Balaban J connectivity index is 1.44. The number of ether oxygens (including phenoxy) is 8. The van der Waals surface area contributed by atoms with Crippen LogP contribution in [0.3, 0.4) is 0 Å². The van der Waals surface area contributed by atoms with Crippen molar-refractivity contribution < 1.29 is 71.7 Å². The van der Waals surface area contributed by atoms with E-state index in [1.165, 1.54) is 30.3 Å². The Hall–Kier alpha value is -7.07. The molecule has 1 fully saturated rings. The summed E-state index contributed by atoms with van der Waals surface area (Å²) in [7, 11) is 1.05. The lowest BCUT2D eigenvalue weighted by atomic mass is 9.97. The van der Waals surface area contributed by atoms with E-state index in [0.29, 0.717) is 0 Å². The molecule has 0 unspecified atom stereocenters. The average Bonchev–Trinajstić information content (AvgIpc) is 3.19. The van der Waals surface area contributed by atoms with Gasteiger partial charge in [0.15, 0.2) is 35.6 Å². The van der Waals surface area contributed by atoms with Crippen LogP contribution < -0.4 is 19.6 Å². The van der Waals surface area contributed by atoms with Gasteiger partial charge in [0, 0.05) is 38.5 Å². The lowest BCUT2D eigenvalue weighted by Crippen LogP contribution is -2.64. The Bertz CT molecular complexity index is 2360. The number of rotatable bonds is 13. The molecule has 58 heavy (non-hydrogen) atoms. The molecule has 0 saturated carbocycles. The second-order valence-electron chi connectivity index (χ2n) is 12.9. The van der Waals surface area contributed by atoms with Gasteiger partial charge in [0.05, 0.1) is 7.11 Å². The van der Waals surface area contributed by atoms with E-state index in [4.69, 9.17) is 42.3 Å². The molecular weight excluding hydrogens is 760 g/mol. The van der Waals surface area contributed by atoms with Gasteiger partial charge >= 0.3 is 23.9 Å². The lowest BCUT2D eigenvalue weighted by molar-refractivity contribution is -0.282. The highest BCUT2D eigenvalue weighted by Crippen LogP contribution is 2.41. The van der Waals surface area contributed by atoms with Gasteiger partial charge in [-0.15, -0.1) is 0 Å². The van der Waals surface area contributed by atoms with Gasteiger partial charge in [-0.25, -0.2) is 4.79 Å². The van der Waals surface area contributed by atoms with Gasteiger partial charge in [0.25, 0.3) is 0 Å². The van der Waals surface area contributed by atoms with Crippen molar-refractivity contribution in [1.82, 2.24) is 0 Å². The topological polar surface area (TPSA) is 213 Å². The van der Waals surface area contributed by atoms with Crippen LogP contribution in [0.25, 0.3) is 22.3 Å². The van der Waals surface area contributed by atoms with E-state index in [2.05, 4.69) is 0 Å². The molecule has 0 aliphatic carbocycles. The van der Waals surface area contributed by atoms with Gasteiger partial charge in [0.2, 0.25) is 23.6 Å². The maximum atomic E-state index is 13.5. The van der Waals surface area contributed by atoms with Crippen LogP contribution in [-0.4, -0.2) is 71.9 Å². The average molecular weight is 799 g/mol. The Labute approximate surface area is 330 Å². The van der Waals surface area contributed by atoms with Crippen LogP contribution in [0.15, 0.2) is 100 Å². The first-order valence-electron chi connectivity index (χ1n) is 17.7. The van der Waals surface area contributed by atoms with Crippen LogP contribution in [0.5, 0.6) is 28.7 Å². The molecule has 4 aromatic carbocycles. The third-order valence-electron chi connectivity index (χ3n) is 8.69. The number of phenolic OH excluding ortho intramolecular Hbond substituents is 1. The number of hydrogen-bond donors (Lipinski definition) is 2. The molecular formula is C42H38O16. The van der Waals surface area contributed by atoms with Gasteiger partial charge in [-0.2, -0.15) is 0 Å². The van der Waals surface area contributed by atoms with Crippen LogP contribution in [-0.2, 0) is 56.1 Å². The van der Waals surface area contributed by atoms with Crippen molar-refractivity contribution in [2.45, 2.75) is 64.7 Å². The zero-order valence-electron chi connectivity index (χ0n) is 31.6. The van der Waals surface area contributed by atoms with E-state index < -0.39 is 71.5 Å². The Morgan fingerprint density at radius 3 is 1.88 bits per heavy atom. The molecule has 6 rings (SSSR count). The summed E-state index contributed by atoms with van der Waals surface area (Å²) in [4.78, 5) is 63.5. The molecule has 1 aliphatic rings. The predicted octanol–water partition coefficient (Wildman–Crippen LogP) is 5.10. The fraction of sp³-hybridized carbons (Fsp3) is 0.262. The van der Waals surface area contributed by atoms with Crippen LogP contribution >= 0.6 is 0 Å². The SMILES string of the molecule is COC(=O)[C@H]1O[C@@H](Oc2cc(-c3oc4cc(OCc5ccccc5)cc(O)c4c(=O)c3O)ccc2OCc2ccccc2)[C@H](OC(C)=O)[C@@H](OC(C)=O)[C@@H]1OC(C)=O. The van der Waals surface area contributed by atoms with Crippen molar-refractivity contribution >= 4 is 34.8 Å². The maximum Gasteiger partial charge on any atom is 0.339 e. The van der Waals surface area contributed by atoms with E-state index >= 15 is 0 Å². The largest absolute Gasteiger partial charge is 0.507 e. The van der Waals surface area contributed by atoms with E-state index in [1.807, 2.05) is 48.5 Å². The van der Waals surface area contributed by atoms with Gasteiger partial charge in [0.1, 0.15) is 35.7 Å². The van der Waals surface area contributed by atoms with Crippen LogP contribution in [0.4, 0.5) is 0 Å². The van der Waals surface area contributed by atoms with E-state index in [1.54, 1.807) is 12.1 Å². The van der Waals surface area contributed by atoms with E-state index in [9.17, 15) is 34.2 Å². The number of methoxy groups -OCH3 is 1. The summed E-state index contributed by atoms with van der Waals surface area (Å²) in [6, 6.07) is 25.1. The molecule has 302 valence electrons. The third kappa shape index (κ3) is 9.30. The molecule has 1 saturated heterocycles. The van der Waals surface area contributed by atoms with Crippen molar-refractivity contribution in [2.24, 2.45) is 0 Å². The molecule has 0 bridgehead atoms. The molecule has 1 aliphatic heterocycles. The molecule has 2 heterocycles. The second kappa shape index (κ2) is 17.8. The van der Waals surface area contributed by atoms with Gasteiger partial charge in [-0.3, -0.25) is 19.2 Å². The standard InChI is InChI=1S/C42H38O16/c1-22(43)53-37-38(54-23(2)44)40(55-24(3)45)42(58-39(37)41(49)50-4)57-31-17-27(15-16-30(31)52-21-26-13-9-6-10-14-26)36-35(48)34(47)33-29(46)18-28(19-32(33)56-36)51-20-25-11-7-5-8-12-25/h5-19,37-40,42,46,48H,20-21H2,1-4H3/t37-,38-,39-,40+,42+/m0/s1. The molecule has 0 spiro atoms. The number of carbonyl (C=O) groups excluding carboxylic acids is 4. The summed E-state index contributed by atoms with van der Waals surface area (Å²) in [6.07, 6.45) is -8.52. The fourth-order valence-electron chi connectivity index (χ4n) is 6.18. The van der Waals surface area contributed by atoms with Gasteiger partial charge in [-0.1, -0.05) is 60.7 Å². The van der Waals surface area contributed by atoms with Crippen LogP contribution in [0.2, 0.25) is 0 Å². The van der Waals surface area contributed by atoms with E-state index in [-0.39, 0.29) is 52.8 Å². The fourth-order valence-corrected chi connectivity index (χ4v) is 6.18. The molecule has 2 N–H and O–H groups in total. The number of esters is 4. The zero-order chi connectivity index (χ0) is 41.5. The Morgan fingerprint density at radius 1 is 0.690 bits per heavy atom. The number of phenols is 1. The smallest absolute Gasteiger partial charge is 0.339 e. The minimum atomic E-state index is -1.78. The predicted molar refractivity (Wildman–Crippen MR) is 201 cm³/mol. The highest BCUT2D eigenvalue weighted by molar-refractivity contribution is 5.88. The van der Waals surface area contributed by atoms with Crippen molar-refractivity contribution in [3.63, 3.8) is 0 Å². The number of benzene rings is 4. The lowest BCUT2D eigenvalue weighted by Gasteiger charge is -2.43. The monoisotopic (exact) mass is 798 g/mol. The third-order valence-corrected chi connectivity index (χ3v) is 8.69. The summed E-state index contributed by atoms with van der Waals surface area (Å²) >= 11 is 0. The van der Waals surface area contributed by atoms with E-state index in [0.717, 1.165) is 39.0 Å². The first kappa shape index (κ1) is 40.6. The van der Waals surface area contributed by atoms with Crippen molar-refractivity contribution in [3.8, 4) is 40.1 Å². The first-order chi connectivity index (χ1) is 27.8. The summed E-state index contributed by atoms with van der Waals surface area (Å²) in [5.41, 5.74) is 0.570. The summed E-state index contributed by atoms with van der Waals surface area (Å²) < 4.78 is 51.5. The molecule has 0 radical (unpaired) electrons. The minimum absolute atomic E-state index is 0.0200. The Kier molecular flexibility index (Phi) is 12.5. The van der Waals surface area contributed by atoms with Crippen molar-refractivity contribution in [2.75, 3.05) is 7.11 Å². The van der Waals surface area contributed by atoms with Crippen LogP contribution in [0, 0.1) is 0 Å². The minimum Gasteiger partial charge on any atom is -0.507 e. The molecule has 0 amide bonds. The second-order valence-corrected chi connectivity index (χ2v) is 12.9. The molecule has 5 aromatic rings. The zero-order valence-corrected chi connectivity index (χ0v) is 31.6. The van der Waals surface area contributed by atoms with Crippen LogP contribution in [0.1, 0.15) is 31.9 Å². The quantitative estimate of drug-likeness (QED) is 0.117. The molecule has 16 nitrogen and oxygen atoms in total. The number of carbonyl (C=O) groups is 4. The normalized spacial score (nSPS) is 18.7. The highest BCUT2D eigenvalue weighted by atomic mass is 16.7. The molecule has 5 atom stereocenters. The maximum absolute atomic E-state index is 13.5. The number of aromatic hydroxyl groups is 2. The molecule has 1 aromatic heterocycles. The first-order valence-corrected chi connectivity index (χ1v) is 17.7. The number of hydrogen-bond acceptors (Lipinski definition) is 16. The van der Waals surface area contributed by atoms with Crippen molar-refractivity contribution in [1.29, 1.82) is 0 Å². The van der Waals surface area contributed by atoms with Crippen molar-refractivity contribution in [3.05, 3.63) is 112 Å². The summed E-state index contributed by atoms with van der Waals surface area (Å²) in [6.45, 7) is 3.32. The highest BCUT2D eigenvalue weighted by Gasteiger charge is 2.56. The van der Waals surface area contributed by atoms with Gasteiger partial charge < -0.3 is 52.5 Å².